The molecule has 0 saturated heterocycles. The first-order valence-electron chi connectivity index (χ1n) is 5.32. The first-order chi connectivity index (χ1) is 8.29. The van der Waals surface area contributed by atoms with Crippen molar-refractivity contribution in [2.45, 2.75) is 0 Å². The summed E-state index contributed by atoms with van der Waals surface area (Å²) in [7, 11) is 0. The Morgan fingerprint density at radius 3 is 3.06 bits per heavy atom. The molecule has 6 nitrogen and oxygen atoms in total. The second-order valence-corrected chi connectivity index (χ2v) is 3.49. The molecule has 0 saturated carbocycles. The third-order valence-corrected chi connectivity index (χ3v) is 2.14. The molecule has 2 aromatic rings. The molecular weight excluding hydrogens is 220 g/mol. The number of fused-ring (bicyclic) bond motifs is 1. The molecule has 1 aromatic heterocycles. The topological polar surface area (TPSA) is 93.0 Å². The highest BCUT2D eigenvalue weighted by atomic mass is 16.5. The molecule has 0 aliphatic carbocycles. The Bertz CT molecular complexity index is 476. The van der Waals surface area contributed by atoms with E-state index < -0.39 is 0 Å². The number of amides is 1. The second kappa shape index (κ2) is 5.42. The summed E-state index contributed by atoms with van der Waals surface area (Å²) >= 11 is 0. The normalized spacial score (nSPS) is 10.6. The fraction of sp³-hybridized carbons (Fsp3) is 0.273. The number of benzene rings is 1. The van der Waals surface area contributed by atoms with Crippen LogP contribution < -0.4 is 11.1 Å². The van der Waals surface area contributed by atoms with Crippen molar-refractivity contribution >= 4 is 22.9 Å². The van der Waals surface area contributed by atoms with Crippen LogP contribution in [0, 0.1) is 0 Å². The number of para-hydroxylation sites is 2. The van der Waals surface area contributed by atoms with Gasteiger partial charge in [-0.1, -0.05) is 12.1 Å². The number of rotatable bonds is 5. The number of aromatic nitrogens is 2. The Balaban J connectivity index is 1.96. The van der Waals surface area contributed by atoms with E-state index in [0.29, 0.717) is 19.1 Å². The van der Waals surface area contributed by atoms with Gasteiger partial charge in [-0.3, -0.25) is 10.1 Å². The molecule has 6 heteroatoms. The maximum absolute atomic E-state index is 11.4. The molecule has 90 valence electrons. The molecule has 17 heavy (non-hydrogen) atoms. The molecule has 0 aliphatic heterocycles. The van der Waals surface area contributed by atoms with Gasteiger partial charge in [-0.25, -0.2) is 4.98 Å². The lowest BCUT2D eigenvalue weighted by Crippen LogP contribution is -2.21. The van der Waals surface area contributed by atoms with Gasteiger partial charge in [-0.2, -0.15) is 0 Å². The van der Waals surface area contributed by atoms with Crippen molar-refractivity contribution in [2.24, 2.45) is 5.73 Å². The second-order valence-electron chi connectivity index (χ2n) is 3.49. The quantitative estimate of drug-likeness (QED) is 0.656. The Morgan fingerprint density at radius 2 is 2.29 bits per heavy atom. The van der Waals surface area contributed by atoms with Crippen LogP contribution in [-0.4, -0.2) is 35.6 Å². The summed E-state index contributed by atoms with van der Waals surface area (Å²) in [6.45, 7) is 0.750. The van der Waals surface area contributed by atoms with Gasteiger partial charge >= 0.3 is 0 Å². The van der Waals surface area contributed by atoms with Gasteiger partial charge in [-0.05, 0) is 12.1 Å². The molecule has 0 fully saturated rings. The third-order valence-electron chi connectivity index (χ3n) is 2.14. The lowest BCUT2D eigenvalue weighted by molar-refractivity contribution is -0.120. The van der Waals surface area contributed by atoms with Crippen LogP contribution in [0.5, 0.6) is 0 Å². The largest absolute Gasteiger partial charge is 0.370 e. The zero-order valence-electron chi connectivity index (χ0n) is 9.27. The molecule has 2 rings (SSSR count). The minimum Gasteiger partial charge on any atom is -0.370 e. The number of imidazole rings is 1. The first-order valence-corrected chi connectivity index (χ1v) is 5.32. The Hall–Kier alpha value is -1.92. The fourth-order valence-electron chi connectivity index (χ4n) is 1.43. The van der Waals surface area contributed by atoms with Crippen LogP contribution in [0.4, 0.5) is 5.95 Å². The van der Waals surface area contributed by atoms with E-state index in [1.807, 2.05) is 24.3 Å². The lowest BCUT2D eigenvalue weighted by Gasteiger charge is -2.01. The number of H-pyrrole nitrogens is 1. The number of ether oxygens (including phenoxy) is 1. The van der Waals surface area contributed by atoms with E-state index in [9.17, 15) is 4.79 Å². The number of aromatic amines is 1. The number of nitrogens with one attached hydrogen (secondary N) is 2. The van der Waals surface area contributed by atoms with E-state index in [0.717, 1.165) is 11.0 Å². The summed E-state index contributed by atoms with van der Waals surface area (Å²) < 4.78 is 5.01. The van der Waals surface area contributed by atoms with Crippen molar-refractivity contribution in [3.05, 3.63) is 24.3 Å². The van der Waals surface area contributed by atoms with E-state index in [1.165, 1.54) is 0 Å². The van der Waals surface area contributed by atoms with E-state index in [4.69, 9.17) is 10.5 Å². The first kappa shape index (κ1) is 11.6. The van der Waals surface area contributed by atoms with E-state index in [2.05, 4.69) is 15.3 Å². The summed E-state index contributed by atoms with van der Waals surface area (Å²) in [6.07, 6.45) is 0. The number of nitrogens with zero attached hydrogens (tertiary/aromatic N) is 1. The van der Waals surface area contributed by atoms with Gasteiger partial charge in [0.25, 0.3) is 5.91 Å². The van der Waals surface area contributed by atoms with Crippen molar-refractivity contribution in [2.75, 3.05) is 25.1 Å². The maximum atomic E-state index is 11.4. The molecule has 0 unspecified atom stereocenters. The number of carbonyl (C=O) groups excluding carboxylic acids is 1. The highest BCUT2D eigenvalue weighted by Crippen LogP contribution is 2.12. The van der Waals surface area contributed by atoms with Crippen LogP contribution in [0.3, 0.4) is 0 Å². The SMILES string of the molecule is NCCOCC(=O)Nc1nc2ccccc2[nH]1. The average molecular weight is 234 g/mol. The number of hydrogen-bond acceptors (Lipinski definition) is 4. The minimum absolute atomic E-state index is 0.0196. The van der Waals surface area contributed by atoms with E-state index >= 15 is 0 Å². The van der Waals surface area contributed by atoms with Gasteiger partial charge in [0.2, 0.25) is 5.95 Å². The molecule has 0 aliphatic rings. The minimum atomic E-state index is -0.252. The highest BCUT2D eigenvalue weighted by Gasteiger charge is 2.06. The number of nitrogens with two attached hydrogens (primary N) is 1. The molecule has 0 radical (unpaired) electrons. The van der Waals surface area contributed by atoms with E-state index in [-0.39, 0.29) is 12.5 Å². The number of carbonyl (C=O) groups is 1. The highest BCUT2D eigenvalue weighted by molar-refractivity contribution is 5.91. The van der Waals surface area contributed by atoms with Crippen molar-refractivity contribution in [1.29, 1.82) is 0 Å². The van der Waals surface area contributed by atoms with Crippen molar-refractivity contribution in [3.8, 4) is 0 Å². The average Bonchev–Trinajstić information content (AvgIpc) is 2.71. The smallest absolute Gasteiger partial charge is 0.252 e. The Kier molecular flexibility index (Phi) is 3.69. The van der Waals surface area contributed by atoms with E-state index in [1.54, 1.807) is 0 Å². The summed E-state index contributed by atoms with van der Waals surface area (Å²) in [5.74, 6) is 0.171. The number of hydrogen-bond donors (Lipinski definition) is 3. The van der Waals surface area contributed by atoms with Gasteiger partial charge in [0.05, 0.1) is 17.6 Å². The molecule has 0 spiro atoms. The molecular formula is C11H14N4O2. The van der Waals surface area contributed by atoms with Crippen molar-refractivity contribution < 1.29 is 9.53 Å². The van der Waals surface area contributed by atoms with Crippen LogP contribution in [0.1, 0.15) is 0 Å². The maximum Gasteiger partial charge on any atom is 0.252 e. The molecule has 1 heterocycles. The molecule has 1 amide bonds. The standard InChI is InChI=1S/C11H14N4O2/c12-5-6-17-7-10(16)15-11-13-8-3-1-2-4-9(8)14-11/h1-4H,5-7,12H2,(H2,13,14,15,16). The summed E-state index contributed by atoms with van der Waals surface area (Å²) in [5, 5.41) is 2.62. The van der Waals surface area contributed by atoms with Gasteiger partial charge in [-0.15, -0.1) is 0 Å². The van der Waals surface area contributed by atoms with Crippen molar-refractivity contribution in [1.82, 2.24) is 9.97 Å². The number of anilines is 1. The zero-order chi connectivity index (χ0) is 12.1. The fourth-order valence-corrected chi connectivity index (χ4v) is 1.43. The molecule has 4 N–H and O–H groups in total. The van der Waals surface area contributed by atoms with Crippen LogP contribution in [0.15, 0.2) is 24.3 Å². The summed E-state index contributed by atoms with van der Waals surface area (Å²) in [4.78, 5) is 18.6. The van der Waals surface area contributed by atoms with Crippen LogP contribution >= 0.6 is 0 Å². The van der Waals surface area contributed by atoms with Crippen molar-refractivity contribution in [3.63, 3.8) is 0 Å². The van der Waals surface area contributed by atoms with Gasteiger partial charge in [0.15, 0.2) is 0 Å². The van der Waals surface area contributed by atoms with Crippen LogP contribution in [0.25, 0.3) is 11.0 Å². The van der Waals surface area contributed by atoms with Gasteiger partial charge in [0.1, 0.15) is 6.61 Å². The molecule has 0 bridgehead atoms. The van der Waals surface area contributed by atoms with Crippen LogP contribution in [0.2, 0.25) is 0 Å². The third kappa shape index (κ3) is 3.02. The van der Waals surface area contributed by atoms with Crippen LogP contribution in [-0.2, 0) is 9.53 Å². The Labute approximate surface area is 98.2 Å². The summed E-state index contributed by atoms with van der Waals surface area (Å²) in [5.41, 5.74) is 6.93. The van der Waals surface area contributed by atoms with Gasteiger partial charge < -0.3 is 15.5 Å². The predicted molar refractivity (Wildman–Crippen MR) is 64.6 cm³/mol. The molecule has 1 aromatic carbocycles. The predicted octanol–water partition coefficient (Wildman–Crippen LogP) is 0.477. The zero-order valence-corrected chi connectivity index (χ0v) is 9.27. The van der Waals surface area contributed by atoms with Gasteiger partial charge in [0, 0.05) is 6.54 Å². The lowest BCUT2D eigenvalue weighted by atomic mass is 10.3. The monoisotopic (exact) mass is 234 g/mol. The molecule has 0 atom stereocenters. The summed E-state index contributed by atoms with van der Waals surface area (Å²) in [6, 6.07) is 7.55. The Morgan fingerprint density at radius 1 is 1.47 bits per heavy atom.